The van der Waals surface area contributed by atoms with Crippen LogP contribution in [-0.2, 0) is 6.54 Å². The Labute approximate surface area is 191 Å². The number of nitrogens with zero attached hydrogens (tertiary/aromatic N) is 6. The van der Waals surface area contributed by atoms with Crippen LogP contribution in [0.5, 0.6) is 0 Å². The standard InChI is InChI=1S/C26H24N6O/c1-18-23(19(2)31(29-18)21-12-8-5-9-13-21)17-30(3)26(33)22-16-28-32-24(14-15-27-25(22)32)20-10-6-4-7-11-20/h4-16H,17H2,1-3H3. The lowest BCUT2D eigenvalue weighted by molar-refractivity contribution is 0.0786. The van der Waals surface area contributed by atoms with Gasteiger partial charge in [-0.15, -0.1) is 0 Å². The summed E-state index contributed by atoms with van der Waals surface area (Å²) in [6.45, 7) is 4.45. The van der Waals surface area contributed by atoms with Gasteiger partial charge in [-0.3, -0.25) is 4.79 Å². The van der Waals surface area contributed by atoms with Gasteiger partial charge >= 0.3 is 0 Å². The van der Waals surface area contributed by atoms with Gasteiger partial charge in [0.15, 0.2) is 5.65 Å². The van der Waals surface area contributed by atoms with E-state index in [1.54, 1.807) is 28.9 Å². The van der Waals surface area contributed by atoms with Crippen molar-refractivity contribution in [1.29, 1.82) is 0 Å². The van der Waals surface area contributed by atoms with Crippen LogP contribution in [0.25, 0.3) is 22.6 Å². The van der Waals surface area contributed by atoms with E-state index in [0.29, 0.717) is 17.8 Å². The second-order valence-corrected chi connectivity index (χ2v) is 8.05. The molecule has 0 aliphatic rings. The molecule has 2 aromatic carbocycles. The molecule has 0 radical (unpaired) electrons. The van der Waals surface area contributed by atoms with Gasteiger partial charge in [0.25, 0.3) is 5.91 Å². The van der Waals surface area contributed by atoms with Crippen molar-refractivity contribution in [1.82, 2.24) is 29.3 Å². The molecule has 3 heterocycles. The summed E-state index contributed by atoms with van der Waals surface area (Å²) in [5, 5.41) is 9.18. The van der Waals surface area contributed by atoms with E-state index >= 15 is 0 Å². The van der Waals surface area contributed by atoms with Gasteiger partial charge in [-0.1, -0.05) is 48.5 Å². The predicted molar refractivity (Wildman–Crippen MR) is 127 cm³/mol. The molecule has 1 amide bonds. The molecule has 0 spiro atoms. The number of aromatic nitrogens is 5. The van der Waals surface area contributed by atoms with Crippen LogP contribution in [0.4, 0.5) is 0 Å². The molecular weight excluding hydrogens is 412 g/mol. The number of aryl methyl sites for hydroxylation is 1. The van der Waals surface area contributed by atoms with Gasteiger partial charge in [0, 0.05) is 36.6 Å². The maximum absolute atomic E-state index is 13.4. The van der Waals surface area contributed by atoms with Gasteiger partial charge in [-0.25, -0.2) is 14.2 Å². The maximum Gasteiger partial charge on any atom is 0.259 e. The van der Waals surface area contributed by atoms with E-state index < -0.39 is 0 Å². The van der Waals surface area contributed by atoms with Gasteiger partial charge in [-0.2, -0.15) is 10.2 Å². The Morgan fingerprint density at radius 2 is 1.67 bits per heavy atom. The molecule has 0 aliphatic carbocycles. The fourth-order valence-corrected chi connectivity index (χ4v) is 4.11. The van der Waals surface area contributed by atoms with Crippen molar-refractivity contribution in [2.24, 2.45) is 0 Å². The molecule has 5 rings (SSSR count). The van der Waals surface area contributed by atoms with Crippen LogP contribution in [0.15, 0.2) is 79.1 Å². The number of carbonyl (C=O) groups is 1. The molecule has 0 saturated carbocycles. The van der Waals surface area contributed by atoms with E-state index in [1.165, 1.54) is 0 Å². The molecule has 0 bridgehead atoms. The average molecular weight is 437 g/mol. The normalized spacial score (nSPS) is 11.1. The van der Waals surface area contributed by atoms with Gasteiger partial charge in [-0.05, 0) is 32.0 Å². The summed E-state index contributed by atoms with van der Waals surface area (Å²) in [4.78, 5) is 19.5. The van der Waals surface area contributed by atoms with Crippen molar-refractivity contribution in [2.45, 2.75) is 20.4 Å². The molecule has 0 saturated heterocycles. The SMILES string of the molecule is Cc1nn(-c2ccccc2)c(C)c1CN(C)C(=O)c1cnn2c(-c3ccccc3)ccnc12. The Balaban J connectivity index is 1.45. The van der Waals surface area contributed by atoms with Crippen LogP contribution in [0, 0.1) is 13.8 Å². The van der Waals surface area contributed by atoms with Crippen LogP contribution in [0.3, 0.4) is 0 Å². The molecule has 3 aromatic heterocycles. The topological polar surface area (TPSA) is 68.3 Å². The fraction of sp³-hybridized carbons (Fsp3) is 0.154. The number of para-hydroxylation sites is 1. The summed E-state index contributed by atoms with van der Waals surface area (Å²) in [6, 6.07) is 21.9. The summed E-state index contributed by atoms with van der Waals surface area (Å²) in [5.41, 5.74) is 6.87. The van der Waals surface area contributed by atoms with E-state index in [4.69, 9.17) is 5.10 Å². The van der Waals surface area contributed by atoms with Crippen LogP contribution in [0.1, 0.15) is 27.3 Å². The van der Waals surface area contributed by atoms with E-state index in [0.717, 1.165) is 33.9 Å². The highest BCUT2D eigenvalue weighted by Crippen LogP contribution is 2.23. The first-order valence-electron chi connectivity index (χ1n) is 10.8. The predicted octanol–water partition coefficient (Wildman–Crippen LogP) is 4.47. The highest BCUT2D eigenvalue weighted by atomic mass is 16.2. The monoisotopic (exact) mass is 436 g/mol. The summed E-state index contributed by atoms with van der Waals surface area (Å²) in [6.07, 6.45) is 3.31. The van der Waals surface area contributed by atoms with E-state index in [1.807, 2.05) is 85.3 Å². The fourth-order valence-electron chi connectivity index (χ4n) is 4.11. The Morgan fingerprint density at radius 3 is 2.39 bits per heavy atom. The van der Waals surface area contributed by atoms with E-state index in [9.17, 15) is 4.79 Å². The third-order valence-corrected chi connectivity index (χ3v) is 5.89. The summed E-state index contributed by atoms with van der Waals surface area (Å²) >= 11 is 0. The van der Waals surface area contributed by atoms with E-state index in [-0.39, 0.29) is 5.91 Å². The third kappa shape index (κ3) is 3.67. The van der Waals surface area contributed by atoms with E-state index in [2.05, 4.69) is 10.1 Å². The molecular formula is C26H24N6O. The minimum absolute atomic E-state index is 0.131. The molecule has 0 aliphatic heterocycles. The third-order valence-electron chi connectivity index (χ3n) is 5.89. The molecule has 5 aromatic rings. The number of carbonyl (C=O) groups excluding carboxylic acids is 1. The van der Waals surface area contributed by atoms with Crippen molar-refractivity contribution in [3.05, 3.63) is 102 Å². The largest absolute Gasteiger partial charge is 0.337 e. The average Bonchev–Trinajstić information content (AvgIpc) is 3.41. The lowest BCUT2D eigenvalue weighted by Gasteiger charge is -2.17. The molecule has 33 heavy (non-hydrogen) atoms. The number of hydrogen-bond donors (Lipinski definition) is 0. The van der Waals surface area contributed by atoms with Gasteiger partial charge < -0.3 is 4.90 Å². The molecule has 0 unspecified atom stereocenters. The summed E-state index contributed by atoms with van der Waals surface area (Å²) < 4.78 is 3.65. The van der Waals surface area contributed by atoms with Crippen LogP contribution >= 0.6 is 0 Å². The number of amides is 1. The minimum Gasteiger partial charge on any atom is -0.337 e. The van der Waals surface area contributed by atoms with Crippen LogP contribution < -0.4 is 0 Å². The molecule has 0 N–H and O–H groups in total. The molecule has 0 atom stereocenters. The molecule has 0 fully saturated rings. The van der Waals surface area contributed by atoms with Crippen LogP contribution in [0.2, 0.25) is 0 Å². The number of rotatable bonds is 5. The zero-order valence-corrected chi connectivity index (χ0v) is 18.8. The maximum atomic E-state index is 13.4. The highest BCUT2D eigenvalue weighted by molar-refractivity contribution is 5.99. The lowest BCUT2D eigenvalue weighted by atomic mass is 10.1. The van der Waals surface area contributed by atoms with Gasteiger partial charge in [0.2, 0.25) is 0 Å². The van der Waals surface area contributed by atoms with Crippen molar-refractivity contribution >= 4 is 11.6 Å². The quantitative estimate of drug-likeness (QED) is 0.408. The van der Waals surface area contributed by atoms with Crippen molar-refractivity contribution in [2.75, 3.05) is 7.05 Å². The second-order valence-electron chi connectivity index (χ2n) is 8.05. The first-order valence-corrected chi connectivity index (χ1v) is 10.8. The Hall–Kier alpha value is -4.26. The van der Waals surface area contributed by atoms with Gasteiger partial charge in [0.05, 0.1) is 23.3 Å². The molecule has 164 valence electrons. The first kappa shape index (κ1) is 20.6. The minimum atomic E-state index is -0.131. The van der Waals surface area contributed by atoms with Gasteiger partial charge in [0.1, 0.15) is 5.56 Å². The van der Waals surface area contributed by atoms with Crippen LogP contribution in [-0.4, -0.2) is 42.2 Å². The number of benzene rings is 2. The molecule has 7 heteroatoms. The zero-order chi connectivity index (χ0) is 22.9. The first-order chi connectivity index (χ1) is 16.0. The second kappa shape index (κ2) is 8.35. The zero-order valence-electron chi connectivity index (χ0n) is 18.8. The number of hydrogen-bond acceptors (Lipinski definition) is 4. The van der Waals surface area contributed by atoms with Crippen molar-refractivity contribution < 1.29 is 4.79 Å². The summed E-state index contributed by atoms with van der Waals surface area (Å²) in [5.74, 6) is -0.131. The van der Waals surface area contributed by atoms with Crippen molar-refractivity contribution in [3.8, 4) is 16.9 Å². The Kier molecular flexibility index (Phi) is 5.22. The highest BCUT2D eigenvalue weighted by Gasteiger charge is 2.22. The smallest absolute Gasteiger partial charge is 0.259 e. The lowest BCUT2D eigenvalue weighted by Crippen LogP contribution is -2.26. The Morgan fingerprint density at radius 1 is 0.970 bits per heavy atom. The Bertz CT molecular complexity index is 1440. The summed E-state index contributed by atoms with van der Waals surface area (Å²) in [7, 11) is 1.80. The van der Waals surface area contributed by atoms with Crippen molar-refractivity contribution in [3.63, 3.8) is 0 Å². The molecule has 7 nitrogen and oxygen atoms in total. The number of fused-ring (bicyclic) bond motifs is 1.